The molecule has 2 saturated heterocycles. The predicted octanol–water partition coefficient (Wildman–Crippen LogP) is 3.41. The Balaban J connectivity index is 1.71. The highest BCUT2D eigenvalue weighted by molar-refractivity contribution is 5.93. The molecule has 0 radical (unpaired) electrons. The number of phenolic OH excluding ortho intramolecular Hbond substituents is 1. The zero-order valence-corrected chi connectivity index (χ0v) is 36.8. The minimum atomic E-state index is -1.42. The van der Waals surface area contributed by atoms with Gasteiger partial charge in [-0.3, -0.25) is 33.8 Å². The number of ketones is 1. The van der Waals surface area contributed by atoms with Crippen molar-refractivity contribution in [1.82, 2.24) is 26.1 Å². The van der Waals surface area contributed by atoms with E-state index >= 15 is 0 Å². The van der Waals surface area contributed by atoms with E-state index in [1.807, 2.05) is 0 Å². The second kappa shape index (κ2) is 24.6. The summed E-state index contributed by atoms with van der Waals surface area (Å²) in [5.41, 5.74) is 3.71. The van der Waals surface area contributed by atoms with Crippen LogP contribution in [0.5, 0.6) is 5.75 Å². The van der Waals surface area contributed by atoms with Crippen molar-refractivity contribution in [2.75, 3.05) is 19.7 Å². The lowest BCUT2D eigenvalue weighted by Crippen LogP contribution is -2.62. The van der Waals surface area contributed by atoms with Gasteiger partial charge in [-0.25, -0.2) is 14.9 Å². The fourth-order valence-corrected chi connectivity index (χ4v) is 7.57. The second-order valence-corrected chi connectivity index (χ2v) is 16.9. The highest BCUT2D eigenvalue weighted by Gasteiger charge is 2.38. The first-order valence-electron chi connectivity index (χ1n) is 21.8. The maximum atomic E-state index is 14.5. The van der Waals surface area contributed by atoms with Gasteiger partial charge in [0.1, 0.15) is 41.6 Å². The number of Topliss-reactive ketones (excluding diaryl/α,β-unsaturated/α-hetero) is 1. The number of carbonyl (C=O) groups is 6. The SMILES string of the molecule is CC(=O)CCC[C@H]1C(=O)N[C@@H](C(C)C)C(=O)N[C@@H](Cc2cc(O)cc(F)c2)C(=O)N2CCCC(N2)C(=O)O[C@H](/C(C)=C/C=C/C(=O)N2CCCCO2)C/C=C/C=C/[C@H](O)[C@H](C)[C@H]1O. The first-order valence-corrected chi connectivity index (χ1v) is 21.8. The van der Waals surface area contributed by atoms with Gasteiger partial charge in [0.15, 0.2) is 0 Å². The van der Waals surface area contributed by atoms with Crippen LogP contribution in [0.15, 0.2) is 66.3 Å². The maximum absolute atomic E-state index is 14.5. The van der Waals surface area contributed by atoms with Gasteiger partial charge < -0.3 is 35.5 Å². The number of halogens is 1. The molecule has 1 unspecified atom stereocenters. The molecule has 4 amide bonds. The Morgan fingerprint density at radius 3 is 2.44 bits per heavy atom. The number of aliphatic hydroxyl groups excluding tert-OH is 2. The number of amides is 4. The molecule has 16 nitrogen and oxygen atoms in total. The third kappa shape index (κ3) is 15.5. The van der Waals surface area contributed by atoms with E-state index in [0.717, 1.165) is 25.0 Å². The third-order valence-electron chi connectivity index (χ3n) is 11.4. The maximum Gasteiger partial charge on any atom is 0.325 e. The number of carbonyl (C=O) groups excluding carboxylic acids is 6. The van der Waals surface area contributed by atoms with Gasteiger partial charge in [0, 0.05) is 50.4 Å². The summed E-state index contributed by atoms with van der Waals surface area (Å²) in [5.74, 6) is -7.01. The number of hydroxylamine groups is 2. The normalized spacial score (nSPS) is 28.7. The molecular weight excluding hydrogens is 818 g/mol. The van der Waals surface area contributed by atoms with Crippen LogP contribution >= 0.6 is 0 Å². The number of cyclic esters (lactones) is 1. The molecule has 3 heterocycles. The van der Waals surface area contributed by atoms with Crippen molar-refractivity contribution in [3.8, 4) is 5.75 Å². The molecule has 3 aliphatic rings. The molecular formula is C46H64FN5O11. The fraction of sp³-hybridized carbons (Fsp3) is 0.565. The molecule has 63 heavy (non-hydrogen) atoms. The van der Waals surface area contributed by atoms with Gasteiger partial charge >= 0.3 is 5.97 Å². The lowest BCUT2D eigenvalue weighted by atomic mass is 9.84. The van der Waals surface area contributed by atoms with Crippen molar-refractivity contribution >= 4 is 35.4 Å². The number of benzene rings is 1. The average molecular weight is 882 g/mol. The van der Waals surface area contributed by atoms with Crippen molar-refractivity contribution in [1.29, 1.82) is 0 Å². The van der Waals surface area contributed by atoms with Gasteiger partial charge in [-0.1, -0.05) is 57.2 Å². The molecule has 0 saturated carbocycles. The number of esters is 1. The predicted molar refractivity (Wildman–Crippen MR) is 230 cm³/mol. The first-order chi connectivity index (χ1) is 29.9. The Kier molecular flexibility index (Phi) is 19.7. The van der Waals surface area contributed by atoms with Crippen LogP contribution in [0, 0.1) is 23.6 Å². The second-order valence-electron chi connectivity index (χ2n) is 16.9. The topological polar surface area (TPSA) is 224 Å². The number of rotatable bonds is 10. The van der Waals surface area contributed by atoms with E-state index in [4.69, 9.17) is 9.57 Å². The van der Waals surface area contributed by atoms with Crippen LogP contribution in [0.3, 0.4) is 0 Å². The summed E-state index contributed by atoms with van der Waals surface area (Å²) in [6.45, 7) is 9.13. The molecule has 346 valence electrons. The monoisotopic (exact) mass is 881 g/mol. The molecule has 0 spiro atoms. The van der Waals surface area contributed by atoms with Gasteiger partial charge in [0.2, 0.25) is 11.8 Å². The van der Waals surface area contributed by atoms with Crippen LogP contribution in [0.4, 0.5) is 4.39 Å². The van der Waals surface area contributed by atoms with Crippen molar-refractivity contribution in [2.24, 2.45) is 17.8 Å². The van der Waals surface area contributed by atoms with Gasteiger partial charge in [-0.2, -0.15) is 0 Å². The molecule has 3 aliphatic heterocycles. The zero-order chi connectivity index (χ0) is 46.2. The van der Waals surface area contributed by atoms with E-state index in [1.165, 1.54) is 35.2 Å². The van der Waals surface area contributed by atoms with Crippen molar-refractivity contribution in [3.05, 3.63) is 77.7 Å². The van der Waals surface area contributed by atoms with E-state index in [0.29, 0.717) is 31.6 Å². The molecule has 6 N–H and O–H groups in total. The number of nitrogens with zero attached hydrogens (tertiary/aromatic N) is 2. The number of hydrogen-bond acceptors (Lipinski definition) is 12. The number of aromatic hydroxyl groups is 1. The van der Waals surface area contributed by atoms with Crippen LogP contribution in [0.25, 0.3) is 0 Å². The Labute approximate surface area is 368 Å². The van der Waals surface area contributed by atoms with E-state index < -0.39 is 89.4 Å². The molecule has 17 heteroatoms. The molecule has 2 bridgehead atoms. The summed E-state index contributed by atoms with van der Waals surface area (Å²) in [6.07, 6.45) is 10.1. The van der Waals surface area contributed by atoms with Crippen LogP contribution in [-0.4, -0.2) is 117 Å². The molecule has 0 aromatic heterocycles. The number of aliphatic hydroxyl groups is 2. The molecule has 8 atom stereocenters. The highest BCUT2D eigenvalue weighted by atomic mass is 19.1. The molecule has 4 rings (SSSR count). The fourth-order valence-electron chi connectivity index (χ4n) is 7.57. The number of allylic oxidation sites excluding steroid dienone is 4. The van der Waals surface area contributed by atoms with Gasteiger partial charge in [-0.15, -0.1) is 0 Å². The largest absolute Gasteiger partial charge is 0.508 e. The summed E-state index contributed by atoms with van der Waals surface area (Å²) >= 11 is 0. The van der Waals surface area contributed by atoms with Crippen LogP contribution in [0.1, 0.15) is 91.5 Å². The number of ether oxygens (including phenoxy) is 1. The van der Waals surface area contributed by atoms with Gasteiger partial charge in [0.05, 0.1) is 24.7 Å². The summed E-state index contributed by atoms with van der Waals surface area (Å²) in [7, 11) is 0. The first kappa shape index (κ1) is 50.4. The molecule has 1 aromatic rings. The van der Waals surface area contributed by atoms with Crippen molar-refractivity contribution in [3.63, 3.8) is 0 Å². The number of phenols is 1. The summed E-state index contributed by atoms with van der Waals surface area (Å²) < 4.78 is 20.5. The number of fused-ring (bicyclic) bond motifs is 2. The van der Waals surface area contributed by atoms with Crippen LogP contribution < -0.4 is 16.1 Å². The van der Waals surface area contributed by atoms with E-state index in [1.54, 1.807) is 58.1 Å². The average Bonchev–Trinajstić information content (AvgIpc) is 3.24. The Hall–Kier alpha value is -5.23. The highest BCUT2D eigenvalue weighted by Crippen LogP contribution is 2.25. The third-order valence-corrected chi connectivity index (χ3v) is 11.4. The Morgan fingerprint density at radius 1 is 1.00 bits per heavy atom. The zero-order valence-electron chi connectivity index (χ0n) is 36.8. The molecule has 0 aliphatic carbocycles. The molecule has 1 aromatic carbocycles. The lowest BCUT2D eigenvalue weighted by molar-refractivity contribution is -0.191. The quantitative estimate of drug-likeness (QED) is 0.113. The van der Waals surface area contributed by atoms with Crippen LogP contribution in [0.2, 0.25) is 0 Å². The summed E-state index contributed by atoms with van der Waals surface area (Å²) in [6, 6.07) is -0.356. The van der Waals surface area contributed by atoms with Crippen molar-refractivity contribution < 1.29 is 58.1 Å². The number of hydrazine groups is 1. The van der Waals surface area contributed by atoms with Gasteiger partial charge in [-0.05, 0) is 81.6 Å². The van der Waals surface area contributed by atoms with E-state index in [-0.39, 0.29) is 55.9 Å². The summed E-state index contributed by atoms with van der Waals surface area (Å²) in [4.78, 5) is 86.3. The van der Waals surface area contributed by atoms with E-state index in [2.05, 4.69) is 16.1 Å². The number of hydrogen-bond donors (Lipinski definition) is 6. The van der Waals surface area contributed by atoms with Crippen LogP contribution in [-0.2, 0) is 44.8 Å². The standard InChI is InChI=1S/C46H64FN5O11/c1-28(2)41-44(59)48-37(26-32-24-33(47)27-34(54)25-32)45(60)51-21-13-17-36(50-51)46(61)63-39(29(3)14-11-20-40(56)52-22-9-10-23-62-52)19-8-6-7-18-38(55)31(5)42(57)35(43(58)49-41)16-12-15-30(4)53/h6-8,11,14,18,20,24-25,27-28,31,35-39,41-42,50,54-55,57H,9-10,12-13,15-17,19,21-23,26H2,1-5H3,(H,48,59)(H,49,58)/b8-6+,18-7+,20-11+,29-14+/t31-,35+,36?,37-,38-,39-,41-,42+/m0/s1. The Bertz CT molecular complexity index is 1870. The molecule has 2 fully saturated rings. The number of nitrogens with one attached hydrogen (secondary N) is 3. The minimum Gasteiger partial charge on any atom is -0.508 e. The van der Waals surface area contributed by atoms with Crippen molar-refractivity contribution in [2.45, 2.75) is 129 Å². The van der Waals surface area contributed by atoms with E-state index in [9.17, 15) is 48.5 Å². The minimum absolute atomic E-state index is 0.0635. The Morgan fingerprint density at radius 2 is 1.76 bits per heavy atom. The smallest absolute Gasteiger partial charge is 0.325 e. The lowest BCUT2D eigenvalue weighted by Gasteiger charge is -2.36. The summed E-state index contributed by atoms with van der Waals surface area (Å²) in [5, 5.41) is 40.8. The van der Waals surface area contributed by atoms with Gasteiger partial charge in [0.25, 0.3) is 11.8 Å².